The van der Waals surface area contributed by atoms with Crippen LogP contribution in [0.15, 0.2) is 30.3 Å². The summed E-state index contributed by atoms with van der Waals surface area (Å²) in [5.74, 6) is 0. The highest BCUT2D eigenvalue weighted by molar-refractivity contribution is 7.19. The van der Waals surface area contributed by atoms with Crippen molar-refractivity contribution in [3.8, 4) is 10.6 Å². The molecular formula is C15H8Cl3NOS. The van der Waals surface area contributed by atoms with Crippen molar-refractivity contribution < 1.29 is 4.79 Å². The second kappa shape index (κ2) is 5.58. The van der Waals surface area contributed by atoms with E-state index < -0.39 is 5.24 Å². The Labute approximate surface area is 140 Å². The molecule has 106 valence electrons. The number of hydrogen-bond acceptors (Lipinski definition) is 3. The lowest BCUT2D eigenvalue weighted by Gasteiger charge is -2.09. The topological polar surface area (TPSA) is 30.0 Å². The van der Waals surface area contributed by atoms with Crippen LogP contribution in [0.1, 0.15) is 15.9 Å². The number of rotatable bonds is 2. The molecule has 2 aromatic heterocycles. The van der Waals surface area contributed by atoms with Crippen molar-refractivity contribution in [1.82, 2.24) is 4.98 Å². The first-order chi connectivity index (χ1) is 9.97. The molecule has 0 spiro atoms. The normalized spacial score (nSPS) is 11.0. The Morgan fingerprint density at radius 1 is 1.19 bits per heavy atom. The maximum Gasteiger partial charge on any atom is 0.253 e. The van der Waals surface area contributed by atoms with Crippen molar-refractivity contribution >= 4 is 62.3 Å². The summed E-state index contributed by atoms with van der Waals surface area (Å²) in [6.45, 7) is 1.87. The van der Waals surface area contributed by atoms with Gasteiger partial charge in [-0.2, -0.15) is 0 Å². The van der Waals surface area contributed by atoms with E-state index in [4.69, 9.17) is 34.8 Å². The number of halogens is 3. The first-order valence-corrected chi connectivity index (χ1v) is 7.98. The van der Waals surface area contributed by atoms with E-state index in [2.05, 4.69) is 4.98 Å². The Balaban J connectivity index is 2.38. The van der Waals surface area contributed by atoms with Gasteiger partial charge in [-0.05, 0) is 48.4 Å². The van der Waals surface area contributed by atoms with Gasteiger partial charge in [0.05, 0.1) is 20.4 Å². The van der Waals surface area contributed by atoms with Gasteiger partial charge in [0.1, 0.15) is 0 Å². The molecule has 0 amide bonds. The molecule has 0 radical (unpaired) electrons. The van der Waals surface area contributed by atoms with Crippen molar-refractivity contribution in [3.63, 3.8) is 0 Å². The Morgan fingerprint density at radius 2 is 1.95 bits per heavy atom. The Hall–Kier alpha value is -1.13. The van der Waals surface area contributed by atoms with Crippen LogP contribution in [-0.2, 0) is 0 Å². The number of thiophene rings is 1. The molecule has 0 atom stereocenters. The standard InChI is InChI=1S/C15H8Cl3NOS/c1-7-10(16)3-2-8-9(15(18)20)6-11(19-14(7)8)12-4-5-13(17)21-12/h2-6H,1H3. The van der Waals surface area contributed by atoms with E-state index in [0.29, 0.717) is 31.5 Å². The summed E-state index contributed by atoms with van der Waals surface area (Å²) in [5.41, 5.74) is 2.57. The number of fused-ring (bicyclic) bond motifs is 1. The van der Waals surface area contributed by atoms with Gasteiger partial charge in [0.25, 0.3) is 5.24 Å². The summed E-state index contributed by atoms with van der Waals surface area (Å²) < 4.78 is 0.661. The Morgan fingerprint density at radius 3 is 2.57 bits per heavy atom. The molecule has 0 aliphatic heterocycles. The number of carbonyl (C=O) groups is 1. The summed E-state index contributed by atoms with van der Waals surface area (Å²) in [7, 11) is 0. The van der Waals surface area contributed by atoms with Crippen LogP contribution in [0.25, 0.3) is 21.5 Å². The maximum atomic E-state index is 11.7. The van der Waals surface area contributed by atoms with Gasteiger partial charge in [-0.1, -0.05) is 29.3 Å². The van der Waals surface area contributed by atoms with Gasteiger partial charge in [0.15, 0.2) is 0 Å². The van der Waals surface area contributed by atoms with E-state index in [0.717, 1.165) is 10.4 Å². The number of hydrogen-bond donors (Lipinski definition) is 0. The maximum absolute atomic E-state index is 11.7. The number of aryl methyl sites for hydroxylation is 1. The molecule has 3 rings (SSSR count). The molecule has 1 aromatic carbocycles. The zero-order valence-electron chi connectivity index (χ0n) is 10.8. The summed E-state index contributed by atoms with van der Waals surface area (Å²) in [5, 5.41) is 0.778. The molecule has 0 aliphatic carbocycles. The second-order valence-electron chi connectivity index (χ2n) is 4.50. The Kier molecular flexibility index (Phi) is 3.93. The minimum Gasteiger partial charge on any atom is -0.276 e. The van der Waals surface area contributed by atoms with Gasteiger partial charge in [0, 0.05) is 16.0 Å². The minimum absolute atomic E-state index is 0.418. The van der Waals surface area contributed by atoms with E-state index in [-0.39, 0.29) is 0 Å². The van der Waals surface area contributed by atoms with Gasteiger partial charge in [-0.25, -0.2) is 4.98 Å². The van der Waals surface area contributed by atoms with Crippen molar-refractivity contribution in [3.05, 3.63) is 50.8 Å². The largest absolute Gasteiger partial charge is 0.276 e. The third-order valence-corrected chi connectivity index (χ3v) is 5.07. The molecule has 0 aliphatic rings. The summed E-state index contributed by atoms with van der Waals surface area (Å²) in [4.78, 5) is 17.2. The summed E-state index contributed by atoms with van der Waals surface area (Å²) in [6.07, 6.45) is 0. The monoisotopic (exact) mass is 355 g/mol. The average Bonchev–Trinajstić information content (AvgIpc) is 2.88. The fourth-order valence-corrected chi connectivity index (χ4v) is 3.46. The molecule has 0 N–H and O–H groups in total. The van der Waals surface area contributed by atoms with E-state index >= 15 is 0 Å². The van der Waals surface area contributed by atoms with Crippen LogP contribution >= 0.6 is 46.1 Å². The van der Waals surface area contributed by atoms with Crippen molar-refractivity contribution in [1.29, 1.82) is 0 Å². The number of aromatic nitrogens is 1. The molecule has 0 unspecified atom stereocenters. The highest BCUT2D eigenvalue weighted by atomic mass is 35.5. The van der Waals surface area contributed by atoms with Crippen molar-refractivity contribution in [2.24, 2.45) is 0 Å². The van der Waals surface area contributed by atoms with E-state index in [9.17, 15) is 4.79 Å². The smallest absolute Gasteiger partial charge is 0.253 e. The van der Waals surface area contributed by atoms with Crippen molar-refractivity contribution in [2.75, 3.05) is 0 Å². The highest BCUT2D eigenvalue weighted by Gasteiger charge is 2.15. The molecule has 21 heavy (non-hydrogen) atoms. The van der Waals surface area contributed by atoms with Gasteiger partial charge in [0.2, 0.25) is 0 Å². The quantitative estimate of drug-likeness (QED) is 0.530. The van der Waals surface area contributed by atoms with Crippen LogP contribution in [-0.4, -0.2) is 10.2 Å². The van der Waals surface area contributed by atoms with Crippen LogP contribution in [0, 0.1) is 6.92 Å². The molecule has 3 aromatic rings. The third-order valence-electron chi connectivity index (χ3n) is 3.21. The van der Waals surface area contributed by atoms with Gasteiger partial charge < -0.3 is 0 Å². The average molecular weight is 357 g/mol. The van der Waals surface area contributed by atoms with Crippen molar-refractivity contribution in [2.45, 2.75) is 6.92 Å². The first-order valence-electron chi connectivity index (χ1n) is 6.03. The molecule has 2 heterocycles. The number of nitrogens with zero attached hydrogens (tertiary/aromatic N) is 1. The second-order valence-corrected chi connectivity index (χ2v) is 6.97. The Bertz CT molecular complexity index is 873. The molecule has 0 bridgehead atoms. The zero-order valence-corrected chi connectivity index (χ0v) is 13.9. The lowest BCUT2D eigenvalue weighted by atomic mass is 10.0. The molecule has 0 fully saturated rings. The predicted molar refractivity (Wildman–Crippen MR) is 90.0 cm³/mol. The molecule has 0 saturated heterocycles. The fraction of sp³-hybridized carbons (Fsp3) is 0.0667. The summed E-state index contributed by atoms with van der Waals surface area (Å²) in [6, 6.07) is 8.85. The SMILES string of the molecule is Cc1c(Cl)ccc2c(C(=O)Cl)cc(-c3ccc(Cl)s3)nc12. The fourth-order valence-electron chi connectivity index (χ4n) is 2.14. The zero-order chi connectivity index (χ0) is 15.1. The van der Waals surface area contributed by atoms with E-state index in [1.807, 2.05) is 13.0 Å². The van der Waals surface area contributed by atoms with Crippen LogP contribution in [0.4, 0.5) is 0 Å². The number of benzene rings is 1. The molecule has 0 saturated carbocycles. The van der Waals surface area contributed by atoms with E-state index in [1.165, 1.54) is 11.3 Å². The van der Waals surface area contributed by atoms with Crippen LogP contribution in [0.5, 0.6) is 0 Å². The van der Waals surface area contributed by atoms with Gasteiger partial charge in [-0.3, -0.25) is 4.79 Å². The lowest BCUT2D eigenvalue weighted by Crippen LogP contribution is -1.97. The van der Waals surface area contributed by atoms with E-state index in [1.54, 1.807) is 24.3 Å². The first kappa shape index (κ1) is 14.8. The number of carbonyl (C=O) groups excluding carboxylic acids is 1. The minimum atomic E-state index is -0.520. The third kappa shape index (κ3) is 2.67. The van der Waals surface area contributed by atoms with Crippen LogP contribution in [0.2, 0.25) is 9.36 Å². The molecule has 2 nitrogen and oxygen atoms in total. The highest BCUT2D eigenvalue weighted by Crippen LogP contribution is 2.34. The van der Waals surface area contributed by atoms with Crippen LogP contribution in [0.3, 0.4) is 0 Å². The predicted octanol–water partition coefficient (Wildman–Crippen LogP) is 5.96. The van der Waals surface area contributed by atoms with Crippen LogP contribution < -0.4 is 0 Å². The van der Waals surface area contributed by atoms with Gasteiger partial charge >= 0.3 is 0 Å². The summed E-state index contributed by atoms with van der Waals surface area (Å²) >= 11 is 19.2. The van der Waals surface area contributed by atoms with Gasteiger partial charge in [-0.15, -0.1) is 11.3 Å². The molecular weight excluding hydrogens is 349 g/mol. The number of pyridine rings is 1. The molecule has 6 heteroatoms. The lowest BCUT2D eigenvalue weighted by molar-refractivity contribution is 0.108.